The number of Topliss-reactive ketones (excluding diaryl/α,β-unsaturated/α-hetero) is 1. The molecule has 0 aromatic heterocycles. The molecule has 1 fully saturated rings. The standard InChI is InChI=1S/C13H17NO2.BrH/c1-11(14-7-9-16-10-8-14)13(15)12-5-3-2-4-6-12;/h2-6,11H,7-10H2,1H3;1H/p-1. The summed E-state index contributed by atoms with van der Waals surface area (Å²) in [6, 6.07) is 9.43. The van der Waals surface area contributed by atoms with Gasteiger partial charge in [0.15, 0.2) is 5.78 Å². The summed E-state index contributed by atoms with van der Waals surface area (Å²) < 4.78 is 5.28. The van der Waals surface area contributed by atoms with Gasteiger partial charge in [-0.1, -0.05) is 30.3 Å². The SMILES string of the molecule is CC(C(=O)c1ccccc1)N1CCOCC1.[Br-]. The van der Waals surface area contributed by atoms with E-state index >= 15 is 0 Å². The molecule has 0 radical (unpaired) electrons. The molecule has 0 bridgehead atoms. The highest BCUT2D eigenvalue weighted by Gasteiger charge is 2.23. The van der Waals surface area contributed by atoms with Crippen molar-refractivity contribution in [3.05, 3.63) is 35.9 Å². The van der Waals surface area contributed by atoms with E-state index in [4.69, 9.17) is 4.74 Å². The molecule has 1 heterocycles. The minimum absolute atomic E-state index is 0. The number of ether oxygens (including phenoxy) is 1. The number of morpholine rings is 1. The lowest BCUT2D eigenvalue weighted by atomic mass is 10.0. The van der Waals surface area contributed by atoms with E-state index in [-0.39, 0.29) is 28.8 Å². The van der Waals surface area contributed by atoms with Crippen LogP contribution in [0.2, 0.25) is 0 Å². The van der Waals surface area contributed by atoms with Crippen LogP contribution >= 0.6 is 0 Å². The normalized spacial score (nSPS) is 18.2. The molecule has 1 aliphatic rings. The van der Waals surface area contributed by atoms with Crippen LogP contribution in [0, 0.1) is 0 Å². The first-order chi connectivity index (χ1) is 7.79. The fourth-order valence-corrected chi connectivity index (χ4v) is 1.97. The zero-order valence-corrected chi connectivity index (χ0v) is 11.5. The molecule has 1 unspecified atom stereocenters. The Labute approximate surface area is 113 Å². The van der Waals surface area contributed by atoms with Crippen molar-refractivity contribution in [2.45, 2.75) is 13.0 Å². The highest BCUT2D eigenvalue weighted by atomic mass is 79.9. The van der Waals surface area contributed by atoms with Gasteiger partial charge in [0.1, 0.15) is 0 Å². The van der Waals surface area contributed by atoms with Crippen molar-refractivity contribution in [3.63, 3.8) is 0 Å². The molecular formula is C13H17BrNO2-. The summed E-state index contributed by atoms with van der Waals surface area (Å²) in [7, 11) is 0. The summed E-state index contributed by atoms with van der Waals surface area (Å²) in [5, 5.41) is 0. The van der Waals surface area contributed by atoms with E-state index in [2.05, 4.69) is 4.90 Å². The Balaban J connectivity index is 0.00000144. The Morgan fingerprint density at radius 3 is 2.41 bits per heavy atom. The maximum atomic E-state index is 12.2. The second-order valence-corrected chi connectivity index (χ2v) is 4.05. The summed E-state index contributed by atoms with van der Waals surface area (Å²) in [6.07, 6.45) is 0. The second kappa shape index (κ2) is 6.89. The van der Waals surface area contributed by atoms with E-state index in [0.29, 0.717) is 0 Å². The lowest BCUT2D eigenvalue weighted by molar-refractivity contribution is -0.0000190. The number of carbonyl (C=O) groups excluding carboxylic acids is 1. The van der Waals surface area contributed by atoms with E-state index < -0.39 is 0 Å². The third-order valence-corrected chi connectivity index (χ3v) is 3.03. The molecule has 2 rings (SSSR count). The van der Waals surface area contributed by atoms with Gasteiger partial charge in [-0.3, -0.25) is 9.69 Å². The second-order valence-electron chi connectivity index (χ2n) is 4.05. The van der Waals surface area contributed by atoms with Gasteiger partial charge in [0.05, 0.1) is 19.3 Å². The van der Waals surface area contributed by atoms with Crippen LogP contribution in [0.25, 0.3) is 0 Å². The van der Waals surface area contributed by atoms with Crippen molar-refractivity contribution in [3.8, 4) is 0 Å². The van der Waals surface area contributed by atoms with Crippen molar-refractivity contribution >= 4 is 5.78 Å². The Hall–Kier alpha value is -0.710. The minimum atomic E-state index is -0.0497. The first kappa shape index (κ1) is 14.4. The maximum absolute atomic E-state index is 12.2. The number of benzene rings is 1. The molecule has 1 saturated heterocycles. The molecule has 0 N–H and O–H groups in total. The van der Waals surface area contributed by atoms with Crippen LogP contribution in [-0.4, -0.2) is 43.0 Å². The van der Waals surface area contributed by atoms with Gasteiger partial charge in [0, 0.05) is 18.7 Å². The van der Waals surface area contributed by atoms with Gasteiger partial charge < -0.3 is 21.7 Å². The largest absolute Gasteiger partial charge is 1.00 e. The smallest absolute Gasteiger partial charge is 0.179 e. The van der Waals surface area contributed by atoms with Crippen LogP contribution in [0.5, 0.6) is 0 Å². The van der Waals surface area contributed by atoms with Crippen molar-refractivity contribution in [1.29, 1.82) is 0 Å². The minimum Gasteiger partial charge on any atom is -1.00 e. The zero-order valence-electron chi connectivity index (χ0n) is 9.93. The number of hydrogen-bond acceptors (Lipinski definition) is 3. The fraction of sp³-hybridized carbons (Fsp3) is 0.462. The molecule has 0 aliphatic carbocycles. The van der Waals surface area contributed by atoms with Gasteiger partial charge in [-0.2, -0.15) is 0 Å². The number of ketones is 1. The first-order valence-corrected chi connectivity index (χ1v) is 5.70. The Morgan fingerprint density at radius 1 is 1.24 bits per heavy atom. The quantitative estimate of drug-likeness (QED) is 0.643. The molecule has 4 heteroatoms. The van der Waals surface area contributed by atoms with Crippen LogP contribution in [0.4, 0.5) is 0 Å². The third-order valence-electron chi connectivity index (χ3n) is 3.03. The number of halogens is 1. The predicted molar refractivity (Wildman–Crippen MR) is 62.6 cm³/mol. The van der Waals surface area contributed by atoms with Crippen LogP contribution < -0.4 is 17.0 Å². The Bertz CT molecular complexity index is 350. The molecule has 17 heavy (non-hydrogen) atoms. The molecular weight excluding hydrogens is 282 g/mol. The monoisotopic (exact) mass is 298 g/mol. The summed E-state index contributed by atoms with van der Waals surface area (Å²) in [5.74, 6) is 0.197. The first-order valence-electron chi connectivity index (χ1n) is 5.70. The number of hydrogen-bond donors (Lipinski definition) is 0. The van der Waals surface area contributed by atoms with Crippen LogP contribution in [0.3, 0.4) is 0 Å². The van der Waals surface area contributed by atoms with Crippen molar-refractivity contribution < 1.29 is 26.5 Å². The van der Waals surface area contributed by atoms with E-state index in [1.165, 1.54) is 0 Å². The molecule has 1 aromatic carbocycles. The van der Waals surface area contributed by atoms with Gasteiger partial charge >= 0.3 is 0 Å². The third kappa shape index (κ3) is 3.63. The van der Waals surface area contributed by atoms with Gasteiger partial charge in [0.2, 0.25) is 0 Å². The molecule has 94 valence electrons. The molecule has 3 nitrogen and oxygen atoms in total. The highest BCUT2D eigenvalue weighted by Crippen LogP contribution is 2.10. The predicted octanol–water partition coefficient (Wildman–Crippen LogP) is -1.41. The molecule has 1 atom stereocenters. The van der Waals surface area contributed by atoms with Crippen molar-refractivity contribution in [2.75, 3.05) is 26.3 Å². The molecule has 0 saturated carbocycles. The maximum Gasteiger partial charge on any atom is 0.179 e. The van der Waals surface area contributed by atoms with Crippen molar-refractivity contribution in [2.24, 2.45) is 0 Å². The molecule has 0 amide bonds. The topological polar surface area (TPSA) is 29.5 Å². The fourth-order valence-electron chi connectivity index (χ4n) is 1.97. The van der Waals surface area contributed by atoms with E-state index in [1.54, 1.807) is 0 Å². The average Bonchev–Trinajstić information content (AvgIpc) is 2.39. The van der Waals surface area contributed by atoms with E-state index in [0.717, 1.165) is 31.9 Å². The summed E-state index contributed by atoms with van der Waals surface area (Å²) in [6.45, 7) is 5.12. The number of rotatable bonds is 3. The Kier molecular flexibility index (Phi) is 5.82. The molecule has 1 aliphatic heterocycles. The van der Waals surface area contributed by atoms with E-state index in [9.17, 15) is 4.79 Å². The molecule has 1 aromatic rings. The van der Waals surface area contributed by atoms with Gasteiger partial charge in [-0.25, -0.2) is 0 Å². The zero-order chi connectivity index (χ0) is 11.4. The summed E-state index contributed by atoms with van der Waals surface area (Å²) >= 11 is 0. The Morgan fingerprint density at radius 2 is 1.82 bits per heavy atom. The summed E-state index contributed by atoms with van der Waals surface area (Å²) in [4.78, 5) is 14.3. The highest BCUT2D eigenvalue weighted by molar-refractivity contribution is 5.99. The van der Waals surface area contributed by atoms with Crippen LogP contribution in [0.15, 0.2) is 30.3 Å². The number of nitrogens with zero attached hydrogens (tertiary/aromatic N) is 1. The van der Waals surface area contributed by atoms with Crippen LogP contribution in [-0.2, 0) is 4.74 Å². The van der Waals surface area contributed by atoms with Crippen molar-refractivity contribution in [1.82, 2.24) is 4.90 Å². The lowest BCUT2D eigenvalue weighted by Crippen LogP contribution is -3.00. The van der Waals surface area contributed by atoms with Gasteiger partial charge in [-0.05, 0) is 6.92 Å². The van der Waals surface area contributed by atoms with Gasteiger partial charge in [-0.15, -0.1) is 0 Å². The lowest BCUT2D eigenvalue weighted by Gasteiger charge is -2.31. The van der Waals surface area contributed by atoms with E-state index in [1.807, 2.05) is 37.3 Å². The van der Waals surface area contributed by atoms with Gasteiger partial charge in [0.25, 0.3) is 0 Å². The molecule has 0 spiro atoms. The number of carbonyl (C=O) groups is 1. The van der Waals surface area contributed by atoms with Crippen LogP contribution in [0.1, 0.15) is 17.3 Å². The summed E-state index contributed by atoms with van der Waals surface area (Å²) in [5.41, 5.74) is 0.793. The average molecular weight is 299 g/mol.